The van der Waals surface area contributed by atoms with Gasteiger partial charge in [-0.1, -0.05) is 29.8 Å². The van der Waals surface area contributed by atoms with Crippen LogP contribution in [-0.2, 0) is 14.9 Å². The number of hydrogen-bond donors (Lipinski definition) is 1. The van der Waals surface area contributed by atoms with E-state index < -0.39 is 0 Å². The molecule has 1 saturated heterocycles. The van der Waals surface area contributed by atoms with Crippen molar-refractivity contribution in [2.24, 2.45) is 0 Å². The lowest BCUT2D eigenvalue weighted by Gasteiger charge is -2.33. The lowest BCUT2D eigenvalue weighted by atomic mass is 9.92. The molecule has 4 nitrogen and oxygen atoms in total. The van der Waals surface area contributed by atoms with Gasteiger partial charge in [-0.2, -0.15) is 0 Å². The fraction of sp³-hybridized carbons (Fsp3) is 0.650. The molecule has 1 amide bonds. The molecule has 0 radical (unpaired) electrons. The Morgan fingerprint density at radius 1 is 1.33 bits per heavy atom. The molecule has 1 aromatic rings. The van der Waals surface area contributed by atoms with Gasteiger partial charge in [-0.05, 0) is 44.6 Å². The molecule has 1 N–H and O–H groups in total. The summed E-state index contributed by atoms with van der Waals surface area (Å²) in [6, 6.07) is 8.77. The molecular formula is C20H30N2O2. The molecule has 2 aliphatic rings. The molecule has 0 spiro atoms. The zero-order valence-electron chi connectivity index (χ0n) is 15.0. The summed E-state index contributed by atoms with van der Waals surface area (Å²) in [6.45, 7) is 6.17. The quantitative estimate of drug-likeness (QED) is 0.782. The van der Waals surface area contributed by atoms with Crippen molar-refractivity contribution in [3.05, 3.63) is 35.4 Å². The molecule has 3 rings (SSSR count). The molecular weight excluding hydrogens is 300 g/mol. The zero-order chi connectivity index (χ0) is 17.0. The van der Waals surface area contributed by atoms with Gasteiger partial charge >= 0.3 is 0 Å². The summed E-state index contributed by atoms with van der Waals surface area (Å²) in [5.74, 6) is 0.242. The maximum absolute atomic E-state index is 12.9. The van der Waals surface area contributed by atoms with Gasteiger partial charge in [0.1, 0.15) is 0 Å². The Labute approximate surface area is 145 Å². The van der Waals surface area contributed by atoms with Crippen LogP contribution in [0.1, 0.15) is 43.2 Å². The normalized spacial score (nSPS) is 20.8. The summed E-state index contributed by atoms with van der Waals surface area (Å²) in [6.07, 6.45) is 5.17. The number of ether oxygens (including phenoxy) is 1. The molecule has 132 valence electrons. The van der Waals surface area contributed by atoms with E-state index >= 15 is 0 Å². The molecule has 1 aliphatic carbocycles. The Hall–Kier alpha value is -1.39. The van der Waals surface area contributed by atoms with E-state index in [4.69, 9.17) is 4.74 Å². The highest BCUT2D eigenvalue weighted by Crippen LogP contribution is 2.48. The van der Waals surface area contributed by atoms with Crippen molar-refractivity contribution in [2.45, 2.75) is 50.5 Å². The Bertz CT molecular complexity index is 561. The van der Waals surface area contributed by atoms with Crippen molar-refractivity contribution in [2.75, 3.05) is 33.4 Å². The number of amides is 1. The van der Waals surface area contributed by atoms with Crippen LogP contribution in [0.15, 0.2) is 24.3 Å². The minimum absolute atomic E-state index is 0.242. The van der Waals surface area contributed by atoms with Crippen LogP contribution < -0.4 is 5.32 Å². The minimum atomic E-state index is -0.248. The fourth-order valence-corrected chi connectivity index (χ4v) is 3.77. The van der Waals surface area contributed by atoms with E-state index in [0.717, 1.165) is 58.3 Å². The lowest BCUT2D eigenvalue weighted by Crippen LogP contribution is -2.47. The first-order valence-corrected chi connectivity index (χ1v) is 9.23. The van der Waals surface area contributed by atoms with E-state index in [2.05, 4.69) is 41.4 Å². The third-order valence-corrected chi connectivity index (χ3v) is 5.50. The van der Waals surface area contributed by atoms with Gasteiger partial charge in [-0.3, -0.25) is 4.79 Å². The highest BCUT2D eigenvalue weighted by molar-refractivity contribution is 5.91. The van der Waals surface area contributed by atoms with E-state index in [1.165, 1.54) is 11.1 Å². The summed E-state index contributed by atoms with van der Waals surface area (Å²) in [7, 11) is 1.75. The molecule has 0 bridgehead atoms. The van der Waals surface area contributed by atoms with Gasteiger partial charge in [0.25, 0.3) is 0 Å². The number of nitrogens with zero attached hydrogens (tertiary/aromatic N) is 1. The second kappa shape index (κ2) is 7.66. The summed E-state index contributed by atoms with van der Waals surface area (Å²) in [4.78, 5) is 15.3. The largest absolute Gasteiger partial charge is 0.385 e. The Balaban J connectivity index is 1.49. The number of likely N-dealkylation sites (tertiary alicyclic amines) is 1. The van der Waals surface area contributed by atoms with Crippen LogP contribution in [0, 0.1) is 6.92 Å². The van der Waals surface area contributed by atoms with E-state index in [0.29, 0.717) is 6.04 Å². The van der Waals surface area contributed by atoms with Crippen molar-refractivity contribution in [1.29, 1.82) is 0 Å². The van der Waals surface area contributed by atoms with E-state index in [1.54, 1.807) is 7.11 Å². The predicted octanol–water partition coefficient (Wildman–Crippen LogP) is 2.64. The average molecular weight is 330 g/mol. The summed E-state index contributed by atoms with van der Waals surface area (Å²) in [5, 5.41) is 3.34. The summed E-state index contributed by atoms with van der Waals surface area (Å²) >= 11 is 0. The first kappa shape index (κ1) is 17.4. The van der Waals surface area contributed by atoms with Crippen molar-refractivity contribution < 1.29 is 9.53 Å². The molecule has 1 aliphatic heterocycles. The first-order chi connectivity index (χ1) is 11.6. The number of carbonyl (C=O) groups excluding carboxylic acids is 1. The number of aryl methyl sites for hydroxylation is 1. The van der Waals surface area contributed by atoms with Gasteiger partial charge < -0.3 is 15.0 Å². The van der Waals surface area contributed by atoms with Gasteiger partial charge in [0.05, 0.1) is 5.41 Å². The van der Waals surface area contributed by atoms with Crippen LogP contribution in [0.4, 0.5) is 0 Å². The summed E-state index contributed by atoms with van der Waals surface area (Å²) in [5.41, 5.74) is 2.18. The topological polar surface area (TPSA) is 41.6 Å². The Morgan fingerprint density at radius 2 is 2.08 bits per heavy atom. The molecule has 24 heavy (non-hydrogen) atoms. The van der Waals surface area contributed by atoms with Crippen molar-refractivity contribution in [3.8, 4) is 0 Å². The molecule has 0 atom stereocenters. The number of hydrogen-bond acceptors (Lipinski definition) is 3. The van der Waals surface area contributed by atoms with Crippen LogP contribution in [0.2, 0.25) is 0 Å². The number of piperidine rings is 1. The van der Waals surface area contributed by atoms with E-state index in [-0.39, 0.29) is 11.3 Å². The maximum atomic E-state index is 12.9. The molecule has 2 fully saturated rings. The van der Waals surface area contributed by atoms with Gasteiger partial charge in [-0.15, -0.1) is 0 Å². The Kier molecular flexibility index (Phi) is 5.57. The van der Waals surface area contributed by atoms with Crippen LogP contribution in [-0.4, -0.2) is 50.2 Å². The van der Waals surface area contributed by atoms with Crippen LogP contribution in [0.5, 0.6) is 0 Å². The highest BCUT2D eigenvalue weighted by Gasteiger charge is 2.51. The van der Waals surface area contributed by atoms with Crippen LogP contribution in [0.25, 0.3) is 0 Å². The van der Waals surface area contributed by atoms with Crippen molar-refractivity contribution >= 4 is 5.91 Å². The standard InChI is InChI=1S/C20H30N2O2/c1-16-5-3-6-17(15-16)20(9-10-20)19(23)21-18-7-12-22(13-8-18)11-4-14-24-2/h3,5-6,15,18H,4,7-14H2,1-2H3,(H,21,23). The zero-order valence-corrected chi connectivity index (χ0v) is 15.0. The monoisotopic (exact) mass is 330 g/mol. The molecule has 4 heteroatoms. The number of benzene rings is 1. The third kappa shape index (κ3) is 3.98. The number of rotatable bonds is 7. The van der Waals surface area contributed by atoms with E-state index in [9.17, 15) is 4.79 Å². The fourth-order valence-electron chi connectivity index (χ4n) is 3.77. The first-order valence-electron chi connectivity index (χ1n) is 9.23. The van der Waals surface area contributed by atoms with Gasteiger partial charge in [0, 0.05) is 39.4 Å². The van der Waals surface area contributed by atoms with Crippen molar-refractivity contribution in [3.63, 3.8) is 0 Å². The maximum Gasteiger partial charge on any atom is 0.230 e. The molecule has 1 saturated carbocycles. The highest BCUT2D eigenvalue weighted by atomic mass is 16.5. The second-order valence-corrected chi connectivity index (χ2v) is 7.39. The second-order valence-electron chi connectivity index (χ2n) is 7.39. The van der Waals surface area contributed by atoms with E-state index in [1.807, 2.05) is 0 Å². The number of carbonyl (C=O) groups is 1. The minimum Gasteiger partial charge on any atom is -0.385 e. The molecule has 0 aromatic heterocycles. The van der Waals surface area contributed by atoms with Crippen molar-refractivity contribution in [1.82, 2.24) is 10.2 Å². The van der Waals surface area contributed by atoms with Gasteiger partial charge in [-0.25, -0.2) is 0 Å². The SMILES string of the molecule is COCCCN1CCC(NC(=O)C2(c3cccc(C)c3)CC2)CC1. The van der Waals surface area contributed by atoms with Crippen LogP contribution >= 0.6 is 0 Å². The number of nitrogens with one attached hydrogen (secondary N) is 1. The summed E-state index contributed by atoms with van der Waals surface area (Å²) < 4.78 is 5.12. The molecule has 1 heterocycles. The van der Waals surface area contributed by atoms with Crippen LogP contribution in [0.3, 0.4) is 0 Å². The third-order valence-electron chi connectivity index (χ3n) is 5.50. The molecule has 1 aromatic carbocycles. The molecule has 0 unspecified atom stereocenters. The van der Waals surface area contributed by atoms with Gasteiger partial charge in [0.15, 0.2) is 0 Å². The predicted molar refractivity (Wildman–Crippen MR) is 96.2 cm³/mol. The van der Waals surface area contributed by atoms with Gasteiger partial charge in [0.2, 0.25) is 5.91 Å². The lowest BCUT2D eigenvalue weighted by molar-refractivity contribution is -0.124. The number of methoxy groups -OCH3 is 1. The Morgan fingerprint density at radius 3 is 2.71 bits per heavy atom. The smallest absolute Gasteiger partial charge is 0.230 e. The average Bonchev–Trinajstić information content (AvgIpc) is 3.39.